The van der Waals surface area contributed by atoms with E-state index in [9.17, 15) is 0 Å². The molecule has 2 aromatic rings. The monoisotopic (exact) mass is 258 g/mol. The van der Waals surface area contributed by atoms with Gasteiger partial charge in [-0.15, -0.1) is 0 Å². The Balaban J connectivity index is 1.83. The number of likely N-dealkylation sites (tertiary alicyclic amines) is 1. The molecule has 0 saturated carbocycles. The predicted molar refractivity (Wildman–Crippen MR) is 75.6 cm³/mol. The van der Waals surface area contributed by atoms with Gasteiger partial charge < -0.3 is 14.4 Å². The Hall–Kier alpha value is -1.81. The van der Waals surface area contributed by atoms with Gasteiger partial charge in [-0.1, -0.05) is 18.2 Å². The van der Waals surface area contributed by atoms with Crippen LogP contribution in [-0.4, -0.2) is 42.6 Å². The largest absolute Gasteiger partial charge is 0.461 e. The summed E-state index contributed by atoms with van der Waals surface area (Å²) >= 11 is 0. The first-order valence-electron chi connectivity index (χ1n) is 6.61. The van der Waals surface area contributed by atoms with Crippen molar-refractivity contribution in [3.8, 4) is 0 Å². The van der Waals surface area contributed by atoms with Crippen molar-refractivity contribution < 1.29 is 9.52 Å². The molecule has 0 aliphatic carbocycles. The van der Waals surface area contributed by atoms with Crippen LogP contribution in [0.25, 0.3) is 11.0 Å². The molecule has 1 aromatic heterocycles. The van der Waals surface area contributed by atoms with Crippen molar-refractivity contribution in [3.63, 3.8) is 0 Å². The van der Waals surface area contributed by atoms with E-state index in [2.05, 4.69) is 22.0 Å². The number of likely N-dealkylation sites (N-methyl/N-ethyl adjacent to an activating group) is 1. The molecule has 3 rings (SSSR count). The van der Waals surface area contributed by atoms with Crippen LogP contribution in [0.1, 0.15) is 18.1 Å². The second kappa shape index (κ2) is 5.05. The second-order valence-corrected chi connectivity index (χ2v) is 4.99. The molecular formula is C15H18N2O2. The molecule has 1 aliphatic heterocycles. The number of rotatable bonds is 3. The van der Waals surface area contributed by atoms with Crippen molar-refractivity contribution in [2.75, 3.05) is 26.7 Å². The Morgan fingerprint density at radius 1 is 1.42 bits per heavy atom. The Kier molecular flexibility index (Phi) is 3.25. The van der Waals surface area contributed by atoms with Crippen molar-refractivity contribution in [2.24, 2.45) is 4.99 Å². The Labute approximate surface area is 112 Å². The first-order chi connectivity index (χ1) is 9.28. The summed E-state index contributed by atoms with van der Waals surface area (Å²) < 4.78 is 5.92. The highest BCUT2D eigenvalue weighted by Crippen LogP contribution is 2.32. The molecule has 0 amide bonds. The lowest BCUT2D eigenvalue weighted by molar-refractivity contribution is 0.306. The summed E-state index contributed by atoms with van der Waals surface area (Å²) in [5.41, 5.74) is 0.945. The number of fused-ring (bicyclic) bond motifs is 1. The van der Waals surface area contributed by atoms with E-state index in [1.165, 1.54) is 0 Å². The highest BCUT2D eigenvalue weighted by Gasteiger charge is 2.28. The molecule has 4 heteroatoms. The van der Waals surface area contributed by atoms with Crippen LogP contribution in [0.3, 0.4) is 0 Å². The van der Waals surface area contributed by atoms with Crippen molar-refractivity contribution in [1.29, 1.82) is 0 Å². The fourth-order valence-electron chi connectivity index (χ4n) is 2.64. The number of aliphatic imine (C=N–C) groups is 1. The van der Waals surface area contributed by atoms with E-state index in [1.807, 2.05) is 25.2 Å². The molecule has 1 fully saturated rings. The summed E-state index contributed by atoms with van der Waals surface area (Å²) in [5, 5.41) is 10.0. The number of aliphatic hydroxyl groups is 1. The van der Waals surface area contributed by atoms with E-state index in [0.29, 0.717) is 12.5 Å². The molecule has 0 spiro atoms. The summed E-state index contributed by atoms with van der Waals surface area (Å²) in [4.78, 5) is 6.55. The molecule has 2 heterocycles. The quantitative estimate of drug-likeness (QED) is 0.918. The van der Waals surface area contributed by atoms with E-state index < -0.39 is 0 Å². The molecule has 4 nitrogen and oxygen atoms in total. The van der Waals surface area contributed by atoms with Crippen LogP contribution in [-0.2, 0) is 0 Å². The van der Waals surface area contributed by atoms with Crippen molar-refractivity contribution in [2.45, 2.75) is 12.3 Å². The van der Waals surface area contributed by atoms with E-state index in [-0.39, 0.29) is 6.61 Å². The minimum Gasteiger partial charge on any atom is -0.461 e. The number of para-hydroxylation sites is 1. The zero-order valence-corrected chi connectivity index (χ0v) is 11.0. The molecule has 1 saturated heterocycles. The minimum absolute atomic E-state index is 0.104. The van der Waals surface area contributed by atoms with Crippen LogP contribution in [0.2, 0.25) is 0 Å². The first kappa shape index (κ1) is 12.2. The van der Waals surface area contributed by atoms with Gasteiger partial charge in [-0.2, -0.15) is 0 Å². The SMILES string of the molecule is CN1CC(c2cc3ccccc3o2)CC1=NCCO. The fraction of sp³-hybridized carbons (Fsp3) is 0.400. The number of nitrogens with zero attached hydrogens (tertiary/aromatic N) is 2. The van der Waals surface area contributed by atoms with Crippen LogP contribution in [0.15, 0.2) is 39.7 Å². The van der Waals surface area contributed by atoms with Gasteiger partial charge in [0.1, 0.15) is 11.3 Å². The van der Waals surface area contributed by atoms with Gasteiger partial charge >= 0.3 is 0 Å². The van der Waals surface area contributed by atoms with E-state index in [4.69, 9.17) is 9.52 Å². The average molecular weight is 258 g/mol. The smallest absolute Gasteiger partial charge is 0.134 e. The molecule has 0 bridgehead atoms. The molecular weight excluding hydrogens is 240 g/mol. The zero-order valence-electron chi connectivity index (χ0n) is 11.0. The number of aliphatic hydroxyl groups excluding tert-OH is 1. The van der Waals surface area contributed by atoms with Crippen molar-refractivity contribution in [1.82, 2.24) is 4.90 Å². The molecule has 0 radical (unpaired) electrons. The molecule has 1 unspecified atom stereocenters. The van der Waals surface area contributed by atoms with Gasteiger partial charge in [-0.05, 0) is 12.1 Å². The maximum Gasteiger partial charge on any atom is 0.134 e. The minimum atomic E-state index is 0.104. The Morgan fingerprint density at radius 3 is 3.05 bits per heavy atom. The van der Waals surface area contributed by atoms with Gasteiger partial charge in [-0.3, -0.25) is 4.99 Å². The molecule has 1 aliphatic rings. The third-order valence-corrected chi connectivity index (χ3v) is 3.61. The highest BCUT2D eigenvalue weighted by molar-refractivity contribution is 5.85. The lowest BCUT2D eigenvalue weighted by Gasteiger charge is -2.10. The molecule has 1 N–H and O–H groups in total. The summed E-state index contributed by atoms with van der Waals surface area (Å²) in [6, 6.07) is 10.2. The van der Waals surface area contributed by atoms with Gasteiger partial charge in [0.15, 0.2) is 0 Å². The first-order valence-corrected chi connectivity index (χ1v) is 6.61. The van der Waals surface area contributed by atoms with E-state index >= 15 is 0 Å². The second-order valence-electron chi connectivity index (χ2n) is 4.99. The molecule has 19 heavy (non-hydrogen) atoms. The fourth-order valence-corrected chi connectivity index (χ4v) is 2.64. The number of hydrogen-bond acceptors (Lipinski definition) is 3. The van der Waals surface area contributed by atoms with Gasteiger partial charge in [0, 0.05) is 31.3 Å². The molecule has 1 aromatic carbocycles. The summed E-state index contributed by atoms with van der Waals surface area (Å²) in [5.74, 6) is 2.44. The number of benzene rings is 1. The Bertz CT molecular complexity index is 570. The van der Waals surface area contributed by atoms with Crippen LogP contribution >= 0.6 is 0 Å². The summed E-state index contributed by atoms with van der Waals surface area (Å²) in [6.07, 6.45) is 0.885. The molecule has 100 valence electrons. The zero-order chi connectivity index (χ0) is 13.2. The third-order valence-electron chi connectivity index (χ3n) is 3.61. The maximum atomic E-state index is 8.85. The van der Waals surface area contributed by atoms with E-state index in [0.717, 1.165) is 35.5 Å². The number of furan rings is 1. The van der Waals surface area contributed by atoms with Gasteiger partial charge in [0.05, 0.1) is 19.0 Å². The lowest BCUT2D eigenvalue weighted by Crippen LogP contribution is -2.20. The van der Waals surface area contributed by atoms with Gasteiger partial charge in [0.2, 0.25) is 0 Å². The van der Waals surface area contributed by atoms with Crippen LogP contribution in [0.4, 0.5) is 0 Å². The van der Waals surface area contributed by atoms with Crippen molar-refractivity contribution >= 4 is 16.8 Å². The van der Waals surface area contributed by atoms with Crippen molar-refractivity contribution in [3.05, 3.63) is 36.1 Å². The lowest BCUT2D eigenvalue weighted by atomic mass is 10.1. The Morgan fingerprint density at radius 2 is 2.26 bits per heavy atom. The van der Waals surface area contributed by atoms with Gasteiger partial charge in [0.25, 0.3) is 0 Å². The highest BCUT2D eigenvalue weighted by atomic mass is 16.3. The predicted octanol–water partition coefficient (Wildman–Crippen LogP) is 2.24. The van der Waals surface area contributed by atoms with Crippen LogP contribution in [0.5, 0.6) is 0 Å². The summed E-state index contributed by atoms with van der Waals surface area (Å²) in [6.45, 7) is 1.50. The third kappa shape index (κ3) is 2.36. The topological polar surface area (TPSA) is 49.0 Å². The number of amidine groups is 1. The normalized spacial score (nSPS) is 21.7. The maximum absolute atomic E-state index is 8.85. The molecule has 1 atom stereocenters. The van der Waals surface area contributed by atoms with E-state index in [1.54, 1.807) is 0 Å². The van der Waals surface area contributed by atoms with Crippen LogP contribution < -0.4 is 0 Å². The average Bonchev–Trinajstić information content (AvgIpc) is 2.99. The summed E-state index contributed by atoms with van der Waals surface area (Å²) in [7, 11) is 2.04. The number of hydrogen-bond donors (Lipinski definition) is 1. The van der Waals surface area contributed by atoms with Gasteiger partial charge in [-0.25, -0.2) is 0 Å². The standard InChI is InChI=1S/C15H18N2O2/c1-17-10-12(9-15(17)16-6-7-18)14-8-11-4-2-3-5-13(11)19-14/h2-5,8,12,18H,6-7,9-10H2,1H3. The van der Waals surface area contributed by atoms with Crippen LogP contribution in [0, 0.1) is 0 Å².